The Bertz CT molecular complexity index is 950. The second kappa shape index (κ2) is 13.2. The minimum atomic E-state index is 0.411. The van der Waals surface area contributed by atoms with Gasteiger partial charge in [0.15, 0.2) is 0 Å². The third-order valence-corrected chi connectivity index (χ3v) is 7.55. The molecule has 1 fully saturated rings. The Balaban J connectivity index is 1.73. The molecule has 0 radical (unpaired) electrons. The number of nitrogens with zero attached hydrogens (tertiary/aromatic N) is 2. The van der Waals surface area contributed by atoms with E-state index in [4.69, 9.17) is 0 Å². The zero-order valence-corrected chi connectivity index (χ0v) is 20.7. The minimum Gasteiger partial charge on any atom is -0.192 e. The Morgan fingerprint density at radius 3 is 2.03 bits per heavy atom. The summed E-state index contributed by atoms with van der Waals surface area (Å²) in [5.74, 6) is 1.25. The first-order chi connectivity index (χ1) is 16.2. The highest BCUT2D eigenvalue weighted by Crippen LogP contribution is 2.41. The minimum absolute atomic E-state index is 0.411. The van der Waals surface area contributed by atoms with Gasteiger partial charge in [0.1, 0.15) is 12.1 Å². The number of benzene rings is 2. The number of hydrogen-bond acceptors (Lipinski definition) is 2. The molecule has 0 atom stereocenters. The molecule has 0 amide bonds. The molecule has 0 spiro atoms. The topological polar surface area (TPSA) is 47.6 Å². The molecule has 3 rings (SSSR count). The van der Waals surface area contributed by atoms with E-state index in [0.29, 0.717) is 17.0 Å². The van der Waals surface area contributed by atoms with E-state index < -0.39 is 0 Å². The zero-order chi connectivity index (χ0) is 23.5. The molecule has 0 unspecified atom stereocenters. The van der Waals surface area contributed by atoms with Crippen LogP contribution in [0.5, 0.6) is 0 Å². The van der Waals surface area contributed by atoms with Gasteiger partial charge in [0.25, 0.3) is 0 Å². The first kappa shape index (κ1) is 25.1. The molecule has 33 heavy (non-hydrogen) atoms. The van der Waals surface area contributed by atoms with Gasteiger partial charge < -0.3 is 0 Å². The van der Waals surface area contributed by atoms with Crippen LogP contribution in [0.2, 0.25) is 0 Å². The largest absolute Gasteiger partial charge is 0.192 e. The molecule has 2 nitrogen and oxygen atoms in total. The van der Waals surface area contributed by atoms with Gasteiger partial charge in [0, 0.05) is 5.56 Å². The summed E-state index contributed by atoms with van der Waals surface area (Å²) in [4.78, 5) is 0. The normalized spacial score (nSPS) is 17.9. The number of hydrogen-bond donors (Lipinski definition) is 0. The summed E-state index contributed by atoms with van der Waals surface area (Å²) in [5, 5.41) is 20.0. The van der Waals surface area contributed by atoms with Crippen molar-refractivity contribution in [3.05, 3.63) is 58.7 Å². The predicted octanol–water partition coefficient (Wildman–Crippen LogP) is 9.07. The third-order valence-electron chi connectivity index (χ3n) is 7.55. The molecule has 0 saturated heterocycles. The Labute approximate surface area is 201 Å². The van der Waals surface area contributed by atoms with Gasteiger partial charge in [-0.05, 0) is 67.1 Å². The molecule has 174 valence electrons. The summed E-state index contributed by atoms with van der Waals surface area (Å²) in [5.41, 5.74) is 5.53. The number of rotatable bonds is 11. The second-order valence-electron chi connectivity index (χ2n) is 9.90. The van der Waals surface area contributed by atoms with Crippen molar-refractivity contribution in [3.8, 4) is 23.3 Å². The van der Waals surface area contributed by atoms with Gasteiger partial charge in [0.2, 0.25) is 0 Å². The maximum absolute atomic E-state index is 10.0. The average Bonchev–Trinajstić information content (AvgIpc) is 2.86. The SMILES string of the molecule is CCCCCCc1ccc(-c2ccc([C@H]3CC[C@H](CCCCC)CC3)c(C#N)c2C#N)cc1. The molecule has 0 aliphatic heterocycles. The summed E-state index contributed by atoms with van der Waals surface area (Å²) < 4.78 is 0. The maximum atomic E-state index is 10.0. The molecule has 2 aromatic rings. The molecule has 0 aromatic heterocycles. The van der Waals surface area contributed by atoms with Crippen molar-refractivity contribution in [2.45, 2.75) is 103 Å². The van der Waals surface area contributed by atoms with Crippen molar-refractivity contribution < 1.29 is 0 Å². The van der Waals surface area contributed by atoms with E-state index in [0.717, 1.165) is 41.9 Å². The van der Waals surface area contributed by atoms with Crippen LogP contribution in [0.4, 0.5) is 0 Å². The molecule has 2 aromatic carbocycles. The lowest BCUT2D eigenvalue weighted by Gasteiger charge is -2.29. The Kier molecular flexibility index (Phi) is 10.0. The molecule has 1 saturated carbocycles. The van der Waals surface area contributed by atoms with Crippen LogP contribution < -0.4 is 0 Å². The van der Waals surface area contributed by atoms with E-state index in [1.54, 1.807) is 0 Å². The van der Waals surface area contributed by atoms with Gasteiger partial charge in [-0.25, -0.2) is 0 Å². The van der Waals surface area contributed by atoms with Crippen molar-refractivity contribution in [1.82, 2.24) is 0 Å². The van der Waals surface area contributed by atoms with E-state index in [9.17, 15) is 10.5 Å². The van der Waals surface area contributed by atoms with Crippen LogP contribution in [-0.4, -0.2) is 0 Å². The lowest BCUT2D eigenvalue weighted by molar-refractivity contribution is 0.302. The zero-order valence-electron chi connectivity index (χ0n) is 20.7. The van der Waals surface area contributed by atoms with Crippen molar-refractivity contribution in [2.75, 3.05) is 0 Å². The van der Waals surface area contributed by atoms with Gasteiger partial charge in [-0.1, -0.05) is 95.2 Å². The smallest absolute Gasteiger partial charge is 0.101 e. The fourth-order valence-corrected chi connectivity index (χ4v) is 5.49. The summed E-state index contributed by atoms with van der Waals surface area (Å²) in [6.07, 6.45) is 16.3. The van der Waals surface area contributed by atoms with E-state index in [1.807, 2.05) is 0 Å². The maximum Gasteiger partial charge on any atom is 0.101 e. The van der Waals surface area contributed by atoms with E-state index in [1.165, 1.54) is 69.8 Å². The Morgan fingerprint density at radius 1 is 0.727 bits per heavy atom. The van der Waals surface area contributed by atoms with Crippen molar-refractivity contribution in [1.29, 1.82) is 10.5 Å². The van der Waals surface area contributed by atoms with E-state index in [2.05, 4.69) is 62.4 Å². The molecule has 0 heterocycles. The van der Waals surface area contributed by atoms with Crippen LogP contribution in [0.15, 0.2) is 36.4 Å². The first-order valence-electron chi connectivity index (χ1n) is 13.3. The van der Waals surface area contributed by atoms with Crippen LogP contribution >= 0.6 is 0 Å². The van der Waals surface area contributed by atoms with Gasteiger partial charge >= 0.3 is 0 Å². The van der Waals surface area contributed by atoms with Crippen molar-refractivity contribution in [3.63, 3.8) is 0 Å². The highest BCUT2D eigenvalue weighted by molar-refractivity contribution is 5.75. The van der Waals surface area contributed by atoms with Crippen LogP contribution in [0.3, 0.4) is 0 Å². The fraction of sp³-hybridized carbons (Fsp3) is 0.548. The van der Waals surface area contributed by atoms with Gasteiger partial charge in [-0.15, -0.1) is 0 Å². The fourth-order valence-electron chi connectivity index (χ4n) is 5.49. The molecule has 1 aliphatic carbocycles. The quantitative estimate of drug-likeness (QED) is 0.327. The highest BCUT2D eigenvalue weighted by atomic mass is 14.3. The average molecular weight is 441 g/mol. The lowest BCUT2D eigenvalue weighted by Crippen LogP contribution is -2.15. The number of aryl methyl sites for hydroxylation is 1. The first-order valence-corrected chi connectivity index (χ1v) is 13.3. The molecule has 2 heteroatoms. The highest BCUT2D eigenvalue weighted by Gasteiger charge is 2.26. The van der Waals surface area contributed by atoms with Crippen LogP contribution in [-0.2, 0) is 6.42 Å². The Morgan fingerprint density at radius 2 is 1.39 bits per heavy atom. The predicted molar refractivity (Wildman–Crippen MR) is 138 cm³/mol. The summed E-state index contributed by atoms with van der Waals surface area (Å²) in [6.45, 7) is 4.50. The number of nitriles is 2. The summed E-state index contributed by atoms with van der Waals surface area (Å²) in [7, 11) is 0. The lowest BCUT2D eigenvalue weighted by atomic mass is 9.75. The summed E-state index contributed by atoms with van der Waals surface area (Å²) >= 11 is 0. The monoisotopic (exact) mass is 440 g/mol. The molecule has 0 bridgehead atoms. The van der Waals surface area contributed by atoms with Gasteiger partial charge in [-0.2, -0.15) is 10.5 Å². The standard InChI is InChI=1S/C31H40N2/c1-3-5-7-9-11-25-14-18-27(19-15-25)29-21-20-28(30(22-32)31(29)23-33)26-16-12-24(13-17-26)10-8-6-4-2/h14-15,18-21,24,26H,3-13,16-17H2,1-2H3/t24-,26-. The van der Waals surface area contributed by atoms with E-state index >= 15 is 0 Å². The van der Waals surface area contributed by atoms with Crippen LogP contribution in [0.1, 0.15) is 119 Å². The summed E-state index contributed by atoms with van der Waals surface area (Å²) in [6, 6.07) is 17.6. The van der Waals surface area contributed by atoms with Crippen LogP contribution in [0.25, 0.3) is 11.1 Å². The second-order valence-corrected chi connectivity index (χ2v) is 9.90. The molecular formula is C31H40N2. The Hall–Kier alpha value is -2.58. The number of unbranched alkanes of at least 4 members (excludes halogenated alkanes) is 5. The van der Waals surface area contributed by atoms with E-state index in [-0.39, 0.29) is 0 Å². The van der Waals surface area contributed by atoms with Gasteiger partial charge in [0.05, 0.1) is 11.1 Å². The van der Waals surface area contributed by atoms with Crippen LogP contribution in [0, 0.1) is 28.6 Å². The third kappa shape index (κ3) is 6.71. The van der Waals surface area contributed by atoms with Crippen molar-refractivity contribution >= 4 is 0 Å². The van der Waals surface area contributed by atoms with Crippen molar-refractivity contribution in [2.24, 2.45) is 5.92 Å². The van der Waals surface area contributed by atoms with Gasteiger partial charge in [-0.3, -0.25) is 0 Å². The molecule has 0 N–H and O–H groups in total. The molecule has 1 aliphatic rings. The molecular weight excluding hydrogens is 400 g/mol.